The summed E-state index contributed by atoms with van der Waals surface area (Å²) in [5.41, 5.74) is 4.40. The molecule has 4 nitrogen and oxygen atoms in total. The van der Waals surface area contributed by atoms with Gasteiger partial charge in [-0.05, 0) is 53.2 Å². The first-order valence-corrected chi connectivity index (χ1v) is 9.34. The summed E-state index contributed by atoms with van der Waals surface area (Å²) in [5, 5.41) is 7.13. The van der Waals surface area contributed by atoms with Gasteiger partial charge in [0, 0.05) is 41.7 Å². The number of aromatic nitrogens is 1. The Balaban J connectivity index is 1.46. The Morgan fingerprint density at radius 1 is 0.852 bits per heavy atom. The molecule has 1 N–H and O–H groups in total. The van der Waals surface area contributed by atoms with Crippen LogP contribution in [0.3, 0.4) is 0 Å². The van der Waals surface area contributed by atoms with Crippen molar-refractivity contribution in [1.29, 1.82) is 0 Å². The van der Waals surface area contributed by atoms with Crippen molar-refractivity contribution in [2.45, 2.75) is 0 Å². The molecule has 1 aliphatic heterocycles. The van der Waals surface area contributed by atoms with Crippen LogP contribution >= 0.6 is 0 Å². The zero-order valence-electron chi connectivity index (χ0n) is 15.1. The fourth-order valence-corrected chi connectivity index (χ4v) is 3.67. The minimum absolute atomic E-state index is 0.803. The van der Waals surface area contributed by atoms with Crippen molar-refractivity contribution in [3.05, 3.63) is 72.9 Å². The Morgan fingerprint density at radius 2 is 1.59 bits per heavy atom. The predicted molar refractivity (Wildman–Crippen MR) is 112 cm³/mol. The Hall–Kier alpha value is -3.11. The van der Waals surface area contributed by atoms with Crippen molar-refractivity contribution in [3.8, 4) is 0 Å². The summed E-state index contributed by atoms with van der Waals surface area (Å²) in [5.74, 6) is 0. The van der Waals surface area contributed by atoms with Gasteiger partial charge in [-0.15, -0.1) is 0 Å². The summed E-state index contributed by atoms with van der Waals surface area (Å²) < 4.78 is 5.44. The van der Waals surface area contributed by atoms with Crippen LogP contribution in [0.1, 0.15) is 0 Å². The molecule has 0 amide bonds. The molecular formula is C23H21N3O. The maximum atomic E-state index is 5.44. The van der Waals surface area contributed by atoms with E-state index >= 15 is 0 Å². The highest BCUT2D eigenvalue weighted by atomic mass is 16.5. The quantitative estimate of drug-likeness (QED) is 0.527. The van der Waals surface area contributed by atoms with Crippen molar-refractivity contribution < 1.29 is 4.74 Å². The topological polar surface area (TPSA) is 37.4 Å². The smallest absolute Gasteiger partial charge is 0.0729 e. The van der Waals surface area contributed by atoms with Gasteiger partial charge in [-0.1, -0.05) is 24.3 Å². The maximum Gasteiger partial charge on any atom is 0.0729 e. The van der Waals surface area contributed by atoms with E-state index in [1.54, 1.807) is 0 Å². The molecule has 4 aromatic rings. The third kappa shape index (κ3) is 3.20. The van der Waals surface area contributed by atoms with Gasteiger partial charge in [-0.2, -0.15) is 0 Å². The number of nitrogens with zero attached hydrogens (tertiary/aromatic N) is 2. The summed E-state index contributed by atoms with van der Waals surface area (Å²) in [6.45, 7) is 3.51. The van der Waals surface area contributed by atoms with Gasteiger partial charge < -0.3 is 15.0 Å². The highest BCUT2D eigenvalue weighted by Crippen LogP contribution is 2.29. The van der Waals surface area contributed by atoms with Crippen molar-refractivity contribution in [2.24, 2.45) is 0 Å². The molecule has 1 aliphatic rings. The molecule has 1 aromatic heterocycles. The monoisotopic (exact) mass is 355 g/mol. The highest BCUT2D eigenvalue weighted by molar-refractivity contribution is 6.02. The highest BCUT2D eigenvalue weighted by Gasteiger charge is 2.11. The number of morpholine rings is 1. The van der Waals surface area contributed by atoms with Crippen LogP contribution in [0.15, 0.2) is 72.9 Å². The first-order valence-electron chi connectivity index (χ1n) is 9.34. The lowest BCUT2D eigenvalue weighted by atomic mass is 10.1. The lowest BCUT2D eigenvalue weighted by Crippen LogP contribution is -2.36. The normalized spacial score (nSPS) is 14.6. The number of ether oxygens (including phenoxy) is 1. The van der Waals surface area contributed by atoms with Crippen LogP contribution in [0, 0.1) is 0 Å². The van der Waals surface area contributed by atoms with E-state index in [-0.39, 0.29) is 0 Å². The van der Waals surface area contributed by atoms with Crippen LogP contribution < -0.4 is 10.2 Å². The van der Waals surface area contributed by atoms with Gasteiger partial charge in [-0.3, -0.25) is 4.98 Å². The molecule has 1 saturated heterocycles. The molecule has 4 heteroatoms. The van der Waals surface area contributed by atoms with E-state index in [9.17, 15) is 0 Å². The van der Waals surface area contributed by atoms with Gasteiger partial charge in [0.25, 0.3) is 0 Å². The van der Waals surface area contributed by atoms with E-state index in [0.717, 1.165) is 48.6 Å². The third-order valence-electron chi connectivity index (χ3n) is 5.13. The predicted octanol–water partition coefficient (Wildman–Crippen LogP) is 4.97. The summed E-state index contributed by atoms with van der Waals surface area (Å²) in [6.07, 6.45) is 1.86. The molecule has 2 heterocycles. The molecule has 1 fully saturated rings. The standard InChI is InChI=1S/C23H21N3O/c1-2-4-18-16-23-21(15-17(18)3-1)22(9-10-24-23)25-19-5-7-20(8-6-19)26-11-13-27-14-12-26/h1-10,15-16H,11-14H2,(H,24,25). The van der Waals surface area contributed by atoms with E-state index in [1.165, 1.54) is 16.5 Å². The van der Waals surface area contributed by atoms with Crippen LogP contribution in [0.25, 0.3) is 21.7 Å². The van der Waals surface area contributed by atoms with Gasteiger partial charge in [0.1, 0.15) is 0 Å². The van der Waals surface area contributed by atoms with E-state index in [1.807, 2.05) is 12.3 Å². The molecule has 0 atom stereocenters. The molecule has 0 radical (unpaired) electrons. The number of rotatable bonds is 3. The number of hydrogen-bond acceptors (Lipinski definition) is 4. The van der Waals surface area contributed by atoms with Crippen molar-refractivity contribution in [3.63, 3.8) is 0 Å². The summed E-state index contributed by atoms with van der Waals surface area (Å²) in [6, 6.07) is 23.4. The molecule has 134 valence electrons. The van der Waals surface area contributed by atoms with Gasteiger partial charge in [0.05, 0.1) is 18.7 Å². The first-order chi connectivity index (χ1) is 13.4. The Kier molecular flexibility index (Phi) is 4.11. The van der Waals surface area contributed by atoms with Gasteiger partial charge in [0.2, 0.25) is 0 Å². The molecule has 0 spiro atoms. The van der Waals surface area contributed by atoms with Gasteiger partial charge in [0.15, 0.2) is 0 Å². The number of fused-ring (bicyclic) bond motifs is 2. The molecule has 0 saturated carbocycles. The first kappa shape index (κ1) is 16.1. The van der Waals surface area contributed by atoms with E-state index in [0.29, 0.717) is 0 Å². The second-order valence-electron chi connectivity index (χ2n) is 6.85. The number of anilines is 3. The fraction of sp³-hybridized carbons (Fsp3) is 0.174. The van der Waals surface area contributed by atoms with Crippen molar-refractivity contribution >= 4 is 38.7 Å². The molecule has 0 aliphatic carbocycles. The largest absolute Gasteiger partial charge is 0.378 e. The maximum absolute atomic E-state index is 5.44. The number of hydrogen-bond donors (Lipinski definition) is 1. The molecule has 0 bridgehead atoms. The Labute approximate surface area is 158 Å². The minimum Gasteiger partial charge on any atom is -0.378 e. The van der Waals surface area contributed by atoms with Crippen LogP contribution in [0.2, 0.25) is 0 Å². The average molecular weight is 355 g/mol. The minimum atomic E-state index is 0.803. The number of pyridine rings is 1. The zero-order chi connectivity index (χ0) is 18.1. The van der Waals surface area contributed by atoms with E-state index in [4.69, 9.17) is 4.74 Å². The second kappa shape index (κ2) is 6.89. The van der Waals surface area contributed by atoms with Crippen molar-refractivity contribution in [2.75, 3.05) is 36.5 Å². The number of nitrogens with one attached hydrogen (secondary N) is 1. The summed E-state index contributed by atoms with van der Waals surface area (Å²) in [7, 11) is 0. The van der Waals surface area contributed by atoms with E-state index < -0.39 is 0 Å². The number of benzene rings is 3. The Morgan fingerprint density at radius 3 is 2.37 bits per heavy atom. The molecule has 0 unspecified atom stereocenters. The lowest BCUT2D eigenvalue weighted by molar-refractivity contribution is 0.122. The summed E-state index contributed by atoms with van der Waals surface area (Å²) in [4.78, 5) is 6.91. The van der Waals surface area contributed by atoms with Gasteiger partial charge in [-0.25, -0.2) is 0 Å². The van der Waals surface area contributed by atoms with Crippen LogP contribution in [-0.2, 0) is 4.74 Å². The Bertz CT molecular complexity index is 1090. The van der Waals surface area contributed by atoms with Crippen LogP contribution in [-0.4, -0.2) is 31.3 Å². The van der Waals surface area contributed by atoms with E-state index in [2.05, 4.69) is 75.9 Å². The molecule has 5 rings (SSSR count). The lowest BCUT2D eigenvalue weighted by Gasteiger charge is -2.29. The summed E-state index contributed by atoms with van der Waals surface area (Å²) >= 11 is 0. The van der Waals surface area contributed by atoms with Crippen LogP contribution in [0.5, 0.6) is 0 Å². The molecule has 27 heavy (non-hydrogen) atoms. The fourth-order valence-electron chi connectivity index (χ4n) is 3.67. The van der Waals surface area contributed by atoms with Gasteiger partial charge >= 0.3 is 0 Å². The molecule has 3 aromatic carbocycles. The SMILES string of the molecule is c1ccc2cc3c(Nc4ccc(N5CCOCC5)cc4)ccnc3cc2c1. The zero-order valence-corrected chi connectivity index (χ0v) is 15.1. The average Bonchev–Trinajstić information content (AvgIpc) is 2.74. The van der Waals surface area contributed by atoms with Crippen LogP contribution in [0.4, 0.5) is 17.1 Å². The third-order valence-corrected chi connectivity index (χ3v) is 5.13. The molecular weight excluding hydrogens is 334 g/mol. The second-order valence-corrected chi connectivity index (χ2v) is 6.85. The van der Waals surface area contributed by atoms with Crippen molar-refractivity contribution in [1.82, 2.24) is 4.98 Å².